The summed E-state index contributed by atoms with van der Waals surface area (Å²) < 4.78 is 19.8. The van der Waals surface area contributed by atoms with E-state index in [0.29, 0.717) is 0 Å². The Morgan fingerprint density at radius 3 is 2.38 bits per heavy atom. The molecule has 2 fully saturated rings. The van der Waals surface area contributed by atoms with E-state index >= 15 is 0 Å². The van der Waals surface area contributed by atoms with Gasteiger partial charge in [-0.15, -0.1) is 0 Å². The summed E-state index contributed by atoms with van der Waals surface area (Å²) >= 11 is 0. The van der Waals surface area contributed by atoms with Crippen LogP contribution in [0.4, 0.5) is 0 Å². The molecule has 1 aromatic heterocycles. The van der Waals surface area contributed by atoms with Crippen molar-refractivity contribution in [1.29, 1.82) is 0 Å². The molecule has 0 radical (unpaired) electrons. The van der Waals surface area contributed by atoms with E-state index in [0.717, 1.165) is 38.5 Å². The SMILES string of the molecule is CCCCC1(CCCC)OC2[C@@H](CO)O[C@@H](n3ccc(=O)[nH]c3=O)[C@H]2O1. The number of nitrogens with zero attached hydrogens (tertiary/aromatic N) is 1. The van der Waals surface area contributed by atoms with Gasteiger partial charge in [0.05, 0.1) is 6.61 Å². The number of aliphatic hydroxyl groups excluding tert-OH is 1. The molecular formula is C18H28N2O6. The summed E-state index contributed by atoms with van der Waals surface area (Å²) in [6, 6.07) is 1.27. The topological polar surface area (TPSA) is 103 Å². The van der Waals surface area contributed by atoms with Gasteiger partial charge in [-0.25, -0.2) is 4.79 Å². The van der Waals surface area contributed by atoms with Crippen LogP contribution in [0.2, 0.25) is 0 Å². The molecule has 0 bridgehead atoms. The van der Waals surface area contributed by atoms with E-state index in [1.54, 1.807) is 0 Å². The Kier molecular flexibility index (Phi) is 5.96. The van der Waals surface area contributed by atoms with Crippen LogP contribution in [0, 0.1) is 0 Å². The standard InChI is InChI=1S/C18H28N2O6/c1-3-5-8-18(9-6-4-2)25-14-12(11-21)24-16(15(14)26-18)20-10-7-13(22)19-17(20)23/h7,10,12,14-16,21H,3-6,8-9,11H2,1-2H3,(H,19,22,23)/t12-,14?,15+,16-/m1/s1. The zero-order valence-corrected chi connectivity index (χ0v) is 15.3. The van der Waals surface area contributed by atoms with E-state index in [9.17, 15) is 14.7 Å². The van der Waals surface area contributed by atoms with Gasteiger partial charge in [-0.2, -0.15) is 0 Å². The predicted octanol–water partition coefficient (Wildman–Crippen LogP) is 1.29. The van der Waals surface area contributed by atoms with E-state index in [1.807, 2.05) is 0 Å². The molecule has 4 atom stereocenters. The highest BCUT2D eigenvalue weighted by atomic mass is 16.8. The molecule has 0 saturated carbocycles. The van der Waals surface area contributed by atoms with E-state index in [-0.39, 0.29) is 6.61 Å². The van der Waals surface area contributed by atoms with Crippen LogP contribution in [0.15, 0.2) is 21.9 Å². The summed E-state index contributed by atoms with van der Waals surface area (Å²) in [5.41, 5.74) is -1.04. The quantitative estimate of drug-likeness (QED) is 0.717. The van der Waals surface area contributed by atoms with Crippen LogP contribution >= 0.6 is 0 Å². The zero-order chi connectivity index (χ0) is 18.7. The number of hydrogen-bond donors (Lipinski definition) is 2. The summed E-state index contributed by atoms with van der Waals surface area (Å²) in [5, 5.41) is 9.71. The van der Waals surface area contributed by atoms with Crippen molar-refractivity contribution in [2.75, 3.05) is 6.61 Å². The van der Waals surface area contributed by atoms with E-state index in [4.69, 9.17) is 14.2 Å². The molecule has 1 unspecified atom stereocenters. The molecular weight excluding hydrogens is 340 g/mol. The van der Waals surface area contributed by atoms with Crippen molar-refractivity contribution >= 4 is 0 Å². The van der Waals surface area contributed by atoms with Gasteiger partial charge >= 0.3 is 5.69 Å². The maximum absolute atomic E-state index is 12.2. The lowest BCUT2D eigenvalue weighted by molar-refractivity contribution is -0.228. The fourth-order valence-corrected chi connectivity index (χ4v) is 3.75. The summed E-state index contributed by atoms with van der Waals surface area (Å²) in [5.74, 6) is -0.706. The van der Waals surface area contributed by atoms with Crippen molar-refractivity contribution < 1.29 is 19.3 Å². The Morgan fingerprint density at radius 2 is 1.81 bits per heavy atom. The Labute approximate surface area is 152 Å². The number of unbranched alkanes of at least 4 members (excludes halogenated alkanes) is 2. The minimum atomic E-state index is -0.744. The molecule has 2 aliphatic heterocycles. The minimum absolute atomic E-state index is 0.225. The van der Waals surface area contributed by atoms with Crippen LogP contribution in [0.25, 0.3) is 0 Å². The van der Waals surface area contributed by atoms with Gasteiger partial charge in [0, 0.05) is 25.1 Å². The van der Waals surface area contributed by atoms with Crippen molar-refractivity contribution in [3.05, 3.63) is 33.1 Å². The van der Waals surface area contributed by atoms with Crippen molar-refractivity contribution in [2.45, 2.75) is 82.7 Å². The summed E-state index contributed by atoms with van der Waals surface area (Å²) in [6.07, 6.45) is 4.64. The number of nitrogens with one attached hydrogen (secondary N) is 1. The first-order valence-electron chi connectivity index (χ1n) is 9.47. The first kappa shape index (κ1) is 19.3. The third-order valence-electron chi connectivity index (χ3n) is 5.11. The van der Waals surface area contributed by atoms with E-state index in [2.05, 4.69) is 18.8 Å². The minimum Gasteiger partial charge on any atom is -0.394 e. The molecule has 0 amide bonds. The third kappa shape index (κ3) is 3.64. The first-order valence-corrected chi connectivity index (χ1v) is 9.47. The van der Waals surface area contributed by atoms with Gasteiger partial charge in [-0.05, 0) is 12.8 Å². The van der Waals surface area contributed by atoms with Gasteiger partial charge in [0.1, 0.15) is 18.3 Å². The predicted molar refractivity (Wildman–Crippen MR) is 93.8 cm³/mol. The highest BCUT2D eigenvalue weighted by molar-refractivity contribution is 5.00. The maximum Gasteiger partial charge on any atom is 0.330 e. The Balaban J connectivity index is 1.89. The summed E-state index contributed by atoms with van der Waals surface area (Å²) in [4.78, 5) is 25.8. The zero-order valence-electron chi connectivity index (χ0n) is 15.3. The van der Waals surface area contributed by atoms with Crippen LogP contribution in [0.1, 0.15) is 58.6 Å². The molecule has 146 valence electrons. The van der Waals surface area contributed by atoms with Gasteiger partial charge in [0.2, 0.25) is 0 Å². The van der Waals surface area contributed by atoms with Crippen molar-refractivity contribution in [2.24, 2.45) is 0 Å². The number of ether oxygens (including phenoxy) is 3. The lowest BCUT2D eigenvalue weighted by atomic mass is 10.0. The maximum atomic E-state index is 12.2. The lowest BCUT2D eigenvalue weighted by Crippen LogP contribution is -2.38. The van der Waals surface area contributed by atoms with Crippen molar-refractivity contribution in [3.8, 4) is 0 Å². The Hall–Kier alpha value is -1.48. The monoisotopic (exact) mass is 368 g/mol. The smallest absolute Gasteiger partial charge is 0.330 e. The van der Waals surface area contributed by atoms with E-state index < -0.39 is 41.6 Å². The Morgan fingerprint density at radius 1 is 1.15 bits per heavy atom. The molecule has 2 N–H and O–H groups in total. The number of rotatable bonds is 8. The fourth-order valence-electron chi connectivity index (χ4n) is 3.75. The molecule has 26 heavy (non-hydrogen) atoms. The molecule has 8 nitrogen and oxygen atoms in total. The van der Waals surface area contributed by atoms with Crippen LogP contribution in [0.3, 0.4) is 0 Å². The number of aliphatic hydroxyl groups is 1. The average Bonchev–Trinajstić information content (AvgIpc) is 3.14. The number of aromatic amines is 1. The molecule has 8 heteroatoms. The molecule has 0 aromatic carbocycles. The number of H-pyrrole nitrogens is 1. The highest BCUT2D eigenvalue weighted by Gasteiger charge is 2.58. The molecule has 2 aliphatic rings. The van der Waals surface area contributed by atoms with Crippen LogP contribution < -0.4 is 11.2 Å². The van der Waals surface area contributed by atoms with Gasteiger partial charge in [0.25, 0.3) is 5.56 Å². The first-order chi connectivity index (χ1) is 12.5. The van der Waals surface area contributed by atoms with Crippen LogP contribution in [-0.4, -0.2) is 45.4 Å². The normalized spacial score (nSPS) is 29.8. The lowest BCUT2D eigenvalue weighted by Gasteiger charge is -2.31. The molecule has 3 rings (SSSR count). The molecule has 2 saturated heterocycles. The highest BCUT2D eigenvalue weighted by Crippen LogP contribution is 2.46. The van der Waals surface area contributed by atoms with Crippen molar-refractivity contribution in [1.82, 2.24) is 9.55 Å². The van der Waals surface area contributed by atoms with Gasteiger partial charge in [-0.1, -0.05) is 26.7 Å². The largest absolute Gasteiger partial charge is 0.394 e. The molecule has 0 spiro atoms. The van der Waals surface area contributed by atoms with E-state index in [1.165, 1.54) is 16.8 Å². The summed E-state index contributed by atoms with van der Waals surface area (Å²) in [7, 11) is 0. The molecule has 3 heterocycles. The second-order valence-electron chi connectivity index (χ2n) is 7.05. The van der Waals surface area contributed by atoms with Crippen molar-refractivity contribution in [3.63, 3.8) is 0 Å². The average molecular weight is 368 g/mol. The molecule has 0 aliphatic carbocycles. The van der Waals surface area contributed by atoms with Crippen LogP contribution in [-0.2, 0) is 14.2 Å². The van der Waals surface area contributed by atoms with Gasteiger partial charge < -0.3 is 19.3 Å². The van der Waals surface area contributed by atoms with Gasteiger partial charge in [0.15, 0.2) is 12.0 Å². The second-order valence-corrected chi connectivity index (χ2v) is 7.05. The number of fused-ring (bicyclic) bond motifs is 1. The third-order valence-corrected chi connectivity index (χ3v) is 5.11. The summed E-state index contributed by atoms with van der Waals surface area (Å²) in [6.45, 7) is 4.01. The van der Waals surface area contributed by atoms with Gasteiger partial charge in [-0.3, -0.25) is 14.3 Å². The second kappa shape index (κ2) is 8.04. The fraction of sp³-hybridized carbons (Fsp3) is 0.778. The number of aromatic nitrogens is 2. The Bertz CT molecular complexity index is 706. The molecule has 1 aromatic rings. The number of hydrogen-bond acceptors (Lipinski definition) is 6. The van der Waals surface area contributed by atoms with Crippen LogP contribution in [0.5, 0.6) is 0 Å².